The molecule has 0 saturated carbocycles. The molecule has 1 aliphatic rings. The maximum atomic E-state index is 12.0. The Morgan fingerprint density at radius 3 is 3.04 bits per heavy atom. The average molecular weight is 314 g/mol. The van der Waals surface area contributed by atoms with Crippen LogP contribution in [0.3, 0.4) is 0 Å². The minimum atomic E-state index is -0.0516. The van der Waals surface area contributed by atoms with E-state index in [1.807, 2.05) is 30.0 Å². The van der Waals surface area contributed by atoms with Gasteiger partial charge in [-0.05, 0) is 31.4 Å². The lowest BCUT2D eigenvalue weighted by Gasteiger charge is -2.15. The lowest BCUT2D eigenvalue weighted by molar-refractivity contribution is -0.127. The normalized spacial score (nSPS) is 14.7. The lowest BCUT2D eigenvalue weighted by Crippen LogP contribution is -2.32. The van der Waals surface area contributed by atoms with Crippen molar-refractivity contribution in [2.45, 2.75) is 32.7 Å². The van der Waals surface area contributed by atoms with E-state index in [2.05, 4.69) is 10.4 Å². The summed E-state index contributed by atoms with van der Waals surface area (Å²) in [6.07, 6.45) is 4.19. The number of nitrogens with zero attached hydrogens (tertiary/aromatic N) is 3. The van der Waals surface area contributed by atoms with Gasteiger partial charge in [0.15, 0.2) is 0 Å². The number of aryl methyl sites for hydroxylation is 1. The van der Waals surface area contributed by atoms with Gasteiger partial charge >= 0.3 is 0 Å². The molecule has 2 aromatic rings. The molecule has 0 atom stereocenters. The fraction of sp³-hybridized carbons (Fsp3) is 0.471. The fourth-order valence-corrected chi connectivity index (χ4v) is 2.94. The van der Waals surface area contributed by atoms with Crippen LogP contribution < -0.4 is 5.32 Å². The summed E-state index contributed by atoms with van der Waals surface area (Å²) in [5, 5.41) is 8.22. The van der Waals surface area contributed by atoms with E-state index < -0.39 is 0 Å². The van der Waals surface area contributed by atoms with Crippen LogP contribution in [0.25, 0.3) is 10.9 Å². The number of rotatable bonds is 6. The second-order valence-electron chi connectivity index (χ2n) is 6.05. The molecule has 6 heteroatoms. The van der Waals surface area contributed by atoms with E-state index in [1.54, 1.807) is 10.9 Å². The second-order valence-corrected chi connectivity index (χ2v) is 6.05. The molecular weight excluding hydrogens is 292 g/mol. The van der Waals surface area contributed by atoms with Gasteiger partial charge in [-0.3, -0.25) is 14.3 Å². The number of aromatic nitrogens is 2. The summed E-state index contributed by atoms with van der Waals surface area (Å²) >= 11 is 0. The third-order valence-corrected chi connectivity index (χ3v) is 4.19. The molecule has 3 rings (SSSR count). The summed E-state index contributed by atoms with van der Waals surface area (Å²) in [4.78, 5) is 25.4. The van der Waals surface area contributed by atoms with Crippen LogP contribution in [-0.4, -0.2) is 46.1 Å². The molecule has 0 unspecified atom stereocenters. The minimum Gasteiger partial charge on any atom is -0.354 e. The predicted octanol–water partition coefficient (Wildman–Crippen LogP) is 1.47. The second kappa shape index (κ2) is 6.81. The number of carbonyl (C=O) groups excluding carboxylic acids is 2. The minimum absolute atomic E-state index is 0.0516. The summed E-state index contributed by atoms with van der Waals surface area (Å²) in [7, 11) is 0. The smallest absolute Gasteiger partial charge is 0.241 e. The van der Waals surface area contributed by atoms with Gasteiger partial charge in [-0.15, -0.1) is 0 Å². The molecule has 6 nitrogen and oxygen atoms in total. The molecule has 0 bridgehead atoms. The van der Waals surface area contributed by atoms with Gasteiger partial charge in [0.1, 0.15) is 6.54 Å². The molecule has 0 aliphatic carbocycles. The zero-order chi connectivity index (χ0) is 16.2. The maximum absolute atomic E-state index is 12.0. The number of carbonyl (C=O) groups is 2. The van der Waals surface area contributed by atoms with Crippen molar-refractivity contribution < 1.29 is 9.59 Å². The number of benzene rings is 1. The first-order valence-corrected chi connectivity index (χ1v) is 8.10. The van der Waals surface area contributed by atoms with Crippen LogP contribution in [0.15, 0.2) is 24.4 Å². The summed E-state index contributed by atoms with van der Waals surface area (Å²) < 4.78 is 1.72. The molecule has 122 valence electrons. The lowest BCUT2D eigenvalue weighted by atomic mass is 10.2. The third-order valence-electron chi connectivity index (χ3n) is 4.19. The quantitative estimate of drug-likeness (QED) is 0.821. The molecule has 1 saturated heterocycles. The Morgan fingerprint density at radius 2 is 2.26 bits per heavy atom. The first-order valence-electron chi connectivity index (χ1n) is 8.10. The fourth-order valence-electron chi connectivity index (χ4n) is 2.94. The molecule has 1 aromatic heterocycles. The molecular formula is C17H22N4O2. The predicted molar refractivity (Wildman–Crippen MR) is 87.9 cm³/mol. The Balaban J connectivity index is 1.47. The summed E-state index contributed by atoms with van der Waals surface area (Å²) in [5.74, 6) is 0.180. The Bertz CT molecular complexity index is 722. The Morgan fingerprint density at radius 1 is 1.39 bits per heavy atom. The maximum Gasteiger partial charge on any atom is 0.241 e. The van der Waals surface area contributed by atoms with Crippen molar-refractivity contribution in [3.8, 4) is 0 Å². The van der Waals surface area contributed by atoms with Crippen LogP contribution in [0.4, 0.5) is 0 Å². The van der Waals surface area contributed by atoms with E-state index >= 15 is 0 Å². The molecule has 1 aliphatic heterocycles. The molecule has 0 radical (unpaired) electrons. The summed E-state index contributed by atoms with van der Waals surface area (Å²) in [5.41, 5.74) is 2.12. The van der Waals surface area contributed by atoms with Crippen LogP contribution >= 0.6 is 0 Å². The molecule has 2 amide bonds. The van der Waals surface area contributed by atoms with Crippen molar-refractivity contribution in [1.82, 2.24) is 20.0 Å². The van der Waals surface area contributed by atoms with Gasteiger partial charge in [0.05, 0.1) is 11.7 Å². The summed E-state index contributed by atoms with van der Waals surface area (Å²) in [6.45, 7) is 4.40. The van der Waals surface area contributed by atoms with E-state index in [9.17, 15) is 9.59 Å². The number of amides is 2. The molecule has 0 spiro atoms. The van der Waals surface area contributed by atoms with E-state index in [-0.39, 0.29) is 18.4 Å². The molecule has 1 fully saturated rings. The van der Waals surface area contributed by atoms with E-state index in [1.165, 1.54) is 0 Å². The Kier molecular flexibility index (Phi) is 4.60. The topological polar surface area (TPSA) is 67.2 Å². The monoisotopic (exact) mass is 314 g/mol. The van der Waals surface area contributed by atoms with Gasteiger partial charge in [-0.25, -0.2) is 0 Å². The van der Waals surface area contributed by atoms with Gasteiger partial charge < -0.3 is 10.2 Å². The first kappa shape index (κ1) is 15.5. The third kappa shape index (κ3) is 3.70. The van der Waals surface area contributed by atoms with Crippen molar-refractivity contribution in [3.05, 3.63) is 30.0 Å². The van der Waals surface area contributed by atoms with E-state index in [0.29, 0.717) is 13.0 Å². The Hall–Kier alpha value is -2.37. The van der Waals surface area contributed by atoms with Crippen LogP contribution in [0.5, 0.6) is 0 Å². The van der Waals surface area contributed by atoms with E-state index in [0.717, 1.165) is 42.4 Å². The summed E-state index contributed by atoms with van der Waals surface area (Å²) in [6, 6.07) is 6.09. The van der Waals surface area contributed by atoms with Crippen molar-refractivity contribution in [2.75, 3.05) is 19.6 Å². The van der Waals surface area contributed by atoms with Gasteiger partial charge in [-0.2, -0.15) is 5.10 Å². The van der Waals surface area contributed by atoms with Gasteiger partial charge in [-0.1, -0.05) is 12.1 Å². The van der Waals surface area contributed by atoms with Gasteiger partial charge in [0.2, 0.25) is 11.8 Å². The molecule has 1 N–H and O–H groups in total. The number of nitrogens with one attached hydrogen (secondary N) is 1. The van der Waals surface area contributed by atoms with Crippen LogP contribution in [0.1, 0.15) is 24.8 Å². The molecule has 2 heterocycles. The number of hydrogen-bond donors (Lipinski definition) is 1. The van der Waals surface area contributed by atoms with Crippen molar-refractivity contribution >= 4 is 22.7 Å². The van der Waals surface area contributed by atoms with Gasteiger partial charge in [0, 0.05) is 31.4 Å². The number of hydrogen-bond acceptors (Lipinski definition) is 3. The van der Waals surface area contributed by atoms with Crippen molar-refractivity contribution in [1.29, 1.82) is 0 Å². The highest BCUT2D eigenvalue weighted by Gasteiger charge is 2.19. The zero-order valence-electron chi connectivity index (χ0n) is 13.4. The van der Waals surface area contributed by atoms with Crippen molar-refractivity contribution in [2.24, 2.45) is 0 Å². The van der Waals surface area contributed by atoms with Crippen LogP contribution in [-0.2, 0) is 16.1 Å². The molecule has 1 aromatic carbocycles. The van der Waals surface area contributed by atoms with Gasteiger partial charge in [0.25, 0.3) is 0 Å². The average Bonchev–Trinajstić information content (AvgIpc) is 3.11. The first-order chi connectivity index (χ1) is 11.1. The molecule has 23 heavy (non-hydrogen) atoms. The van der Waals surface area contributed by atoms with Crippen LogP contribution in [0, 0.1) is 6.92 Å². The largest absolute Gasteiger partial charge is 0.354 e. The highest BCUT2D eigenvalue weighted by atomic mass is 16.2. The highest BCUT2D eigenvalue weighted by Crippen LogP contribution is 2.15. The number of fused-ring (bicyclic) bond motifs is 1. The SMILES string of the molecule is Cc1ccc2cnn(CC(=O)NCCCN3CCCC3=O)c2c1. The standard InChI is InChI=1S/C17H22N4O2/c1-13-5-6-14-11-19-21(15(14)10-13)12-16(22)18-7-3-9-20-8-2-4-17(20)23/h5-6,10-11H,2-4,7-9,12H2,1H3,(H,18,22). The van der Waals surface area contributed by atoms with Crippen LogP contribution in [0.2, 0.25) is 0 Å². The van der Waals surface area contributed by atoms with E-state index in [4.69, 9.17) is 0 Å². The van der Waals surface area contributed by atoms with Crippen molar-refractivity contribution in [3.63, 3.8) is 0 Å². The number of likely N-dealkylation sites (tertiary alicyclic amines) is 1. The zero-order valence-corrected chi connectivity index (χ0v) is 13.4. The Labute approximate surface area is 135 Å². The highest BCUT2D eigenvalue weighted by molar-refractivity contribution is 5.82.